The van der Waals surface area contributed by atoms with Crippen molar-refractivity contribution in [3.63, 3.8) is 0 Å². The second-order valence-electron chi connectivity index (χ2n) is 3.40. The minimum Gasteiger partial charge on any atom is -0.466 e. The van der Waals surface area contributed by atoms with Crippen molar-refractivity contribution in [1.82, 2.24) is 0 Å². The highest BCUT2D eigenvalue weighted by Gasteiger charge is 2.03. The van der Waals surface area contributed by atoms with Gasteiger partial charge in [-0.2, -0.15) is 0 Å². The Morgan fingerprint density at radius 3 is 2.62 bits per heavy atom. The lowest BCUT2D eigenvalue weighted by atomic mass is 10.1. The van der Waals surface area contributed by atoms with Crippen molar-refractivity contribution in [2.24, 2.45) is 5.92 Å². The fourth-order valence-electron chi connectivity index (χ4n) is 1.08. The average molecular weight is 188 g/mol. The van der Waals surface area contributed by atoms with E-state index < -0.39 is 0 Å². The molecule has 13 heavy (non-hydrogen) atoms. The molecule has 0 spiro atoms. The summed E-state index contributed by atoms with van der Waals surface area (Å²) in [6.07, 6.45) is 3.31. The van der Waals surface area contributed by atoms with Crippen molar-refractivity contribution in [2.45, 2.75) is 33.1 Å². The van der Waals surface area contributed by atoms with Crippen molar-refractivity contribution in [2.75, 3.05) is 20.3 Å². The molecule has 0 fully saturated rings. The molecule has 0 aliphatic rings. The second kappa shape index (κ2) is 8.05. The van der Waals surface area contributed by atoms with Gasteiger partial charge in [0, 0.05) is 20.6 Å². The molecular formula is C10H20O3. The molecule has 0 aromatic rings. The average Bonchev–Trinajstić information content (AvgIpc) is 2.09. The smallest absolute Gasteiger partial charge is 0.302 e. The summed E-state index contributed by atoms with van der Waals surface area (Å²) in [4.78, 5) is 10.5. The lowest BCUT2D eigenvalue weighted by Gasteiger charge is -2.10. The minimum atomic E-state index is -0.191. The van der Waals surface area contributed by atoms with Gasteiger partial charge in [0.25, 0.3) is 0 Å². The van der Waals surface area contributed by atoms with E-state index in [1.54, 1.807) is 7.11 Å². The van der Waals surface area contributed by atoms with Crippen molar-refractivity contribution in [3.05, 3.63) is 0 Å². The number of hydrogen-bond donors (Lipinski definition) is 0. The highest BCUT2D eigenvalue weighted by Crippen LogP contribution is 2.08. The molecule has 0 rings (SSSR count). The van der Waals surface area contributed by atoms with Gasteiger partial charge in [0.1, 0.15) is 0 Å². The Kier molecular flexibility index (Phi) is 7.69. The van der Waals surface area contributed by atoms with Crippen LogP contribution in [0.3, 0.4) is 0 Å². The zero-order valence-electron chi connectivity index (χ0n) is 8.84. The Morgan fingerprint density at radius 2 is 2.08 bits per heavy atom. The monoisotopic (exact) mass is 188 g/mol. The maximum atomic E-state index is 10.5. The molecule has 0 aromatic heterocycles. The predicted octanol–water partition coefficient (Wildman–Crippen LogP) is 2.00. The van der Waals surface area contributed by atoms with E-state index in [0.29, 0.717) is 12.5 Å². The Bertz CT molecular complexity index is 134. The quantitative estimate of drug-likeness (QED) is 0.453. The first-order valence-electron chi connectivity index (χ1n) is 4.79. The van der Waals surface area contributed by atoms with Crippen LogP contribution in [0, 0.1) is 5.92 Å². The molecule has 0 aromatic carbocycles. The third-order valence-electron chi connectivity index (χ3n) is 1.87. The molecule has 0 N–H and O–H groups in total. The number of methoxy groups -OCH3 is 1. The van der Waals surface area contributed by atoms with Crippen LogP contribution in [0.1, 0.15) is 33.1 Å². The molecular weight excluding hydrogens is 168 g/mol. The lowest BCUT2D eigenvalue weighted by molar-refractivity contribution is -0.142. The molecule has 0 aliphatic carbocycles. The molecule has 0 heterocycles. The predicted molar refractivity (Wildman–Crippen MR) is 51.5 cm³/mol. The summed E-state index contributed by atoms with van der Waals surface area (Å²) in [5.74, 6) is 0.268. The van der Waals surface area contributed by atoms with Gasteiger partial charge >= 0.3 is 5.97 Å². The molecule has 0 radical (unpaired) electrons. The third-order valence-corrected chi connectivity index (χ3v) is 1.87. The van der Waals surface area contributed by atoms with Crippen LogP contribution >= 0.6 is 0 Å². The van der Waals surface area contributed by atoms with E-state index in [0.717, 1.165) is 25.9 Å². The van der Waals surface area contributed by atoms with Gasteiger partial charge in [-0.1, -0.05) is 13.3 Å². The van der Waals surface area contributed by atoms with Crippen molar-refractivity contribution in [1.29, 1.82) is 0 Å². The van der Waals surface area contributed by atoms with Gasteiger partial charge in [-0.05, 0) is 18.8 Å². The van der Waals surface area contributed by atoms with E-state index in [1.807, 2.05) is 0 Å². The summed E-state index contributed by atoms with van der Waals surface area (Å²) in [7, 11) is 1.71. The largest absolute Gasteiger partial charge is 0.466 e. The van der Waals surface area contributed by atoms with Crippen LogP contribution in [-0.4, -0.2) is 26.3 Å². The molecule has 0 bridgehead atoms. The van der Waals surface area contributed by atoms with Gasteiger partial charge in [0.05, 0.1) is 6.61 Å². The molecule has 0 aliphatic heterocycles. The summed E-state index contributed by atoms with van der Waals surface area (Å²) in [6.45, 7) is 4.90. The van der Waals surface area contributed by atoms with E-state index in [9.17, 15) is 4.79 Å². The highest BCUT2D eigenvalue weighted by molar-refractivity contribution is 5.65. The Balaban J connectivity index is 3.19. The Morgan fingerprint density at radius 1 is 1.38 bits per heavy atom. The van der Waals surface area contributed by atoms with E-state index in [-0.39, 0.29) is 5.97 Å². The van der Waals surface area contributed by atoms with E-state index in [2.05, 4.69) is 6.92 Å². The first-order valence-corrected chi connectivity index (χ1v) is 4.79. The van der Waals surface area contributed by atoms with Crippen molar-refractivity contribution < 1.29 is 14.3 Å². The van der Waals surface area contributed by atoms with E-state index >= 15 is 0 Å². The van der Waals surface area contributed by atoms with Crippen LogP contribution in [0.25, 0.3) is 0 Å². The van der Waals surface area contributed by atoms with Gasteiger partial charge in [-0.3, -0.25) is 4.79 Å². The van der Waals surface area contributed by atoms with E-state index in [4.69, 9.17) is 9.47 Å². The van der Waals surface area contributed by atoms with Crippen LogP contribution in [0.4, 0.5) is 0 Å². The molecule has 0 saturated carbocycles. The first-order chi connectivity index (χ1) is 6.16. The summed E-state index contributed by atoms with van der Waals surface area (Å²) in [5.41, 5.74) is 0. The maximum Gasteiger partial charge on any atom is 0.302 e. The third kappa shape index (κ3) is 9.34. The number of unbranched alkanes of at least 4 members (excludes halogenated alkanes) is 1. The van der Waals surface area contributed by atoms with Crippen molar-refractivity contribution in [3.8, 4) is 0 Å². The first kappa shape index (κ1) is 12.4. The molecule has 1 atom stereocenters. The van der Waals surface area contributed by atoms with Crippen molar-refractivity contribution >= 4 is 5.97 Å². The van der Waals surface area contributed by atoms with Crippen LogP contribution < -0.4 is 0 Å². The molecule has 78 valence electrons. The molecule has 3 nitrogen and oxygen atoms in total. The maximum absolute atomic E-state index is 10.5. The zero-order chi connectivity index (χ0) is 10.1. The number of carbonyl (C=O) groups excluding carboxylic acids is 1. The van der Waals surface area contributed by atoms with E-state index in [1.165, 1.54) is 6.92 Å². The number of hydrogen-bond acceptors (Lipinski definition) is 3. The van der Waals surface area contributed by atoms with Crippen LogP contribution in [0.15, 0.2) is 0 Å². The SMILES string of the molecule is COCCCCC(C)COC(C)=O. The standard InChI is InChI=1S/C10H20O3/c1-9(8-13-10(2)11)6-4-5-7-12-3/h9H,4-8H2,1-3H3. The lowest BCUT2D eigenvalue weighted by Crippen LogP contribution is -2.09. The second-order valence-corrected chi connectivity index (χ2v) is 3.40. The summed E-state index contributed by atoms with van der Waals surface area (Å²) in [6, 6.07) is 0. The van der Waals surface area contributed by atoms with Crippen LogP contribution in [0.5, 0.6) is 0 Å². The Hall–Kier alpha value is -0.570. The van der Waals surface area contributed by atoms with Crippen LogP contribution in [-0.2, 0) is 14.3 Å². The number of ether oxygens (including phenoxy) is 2. The zero-order valence-corrected chi connectivity index (χ0v) is 8.84. The molecule has 3 heteroatoms. The van der Waals surface area contributed by atoms with Gasteiger partial charge in [-0.15, -0.1) is 0 Å². The highest BCUT2D eigenvalue weighted by atomic mass is 16.5. The number of esters is 1. The normalized spacial score (nSPS) is 12.5. The van der Waals surface area contributed by atoms with Gasteiger partial charge in [0.2, 0.25) is 0 Å². The van der Waals surface area contributed by atoms with Crippen LogP contribution in [0.2, 0.25) is 0 Å². The van der Waals surface area contributed by atoms with Gasteiger partial charge in [0.15, 0.2) is 0 Å². The fourth-order valence-corrected chi connectivity index (χ4v) is 1.08. The number of rotatable bonds is 7. The minimum absolute atomic E-state index is 0.191. The molecule has 0 amide bonds. The summed E-state index contributed by atoms with van der Waals surface area (Å²) in [5, 5.41) is 0. The number of carbonyl (C=O) groups is 1. The topological polar surface area (TPSA) is 35.5 Å². The summed E-state index contributed by atoms with van der Waals surface area (Å²) < 4.78 is 9.83. The Labute approximate surface area is 80.4 Å². The van der Waals surface area contributed by atoms with Gasteiger partial charge in [-0.25, -0.2) is 0 Å². The fraction of sp³-hybridized carbons (Fsp3) is 0.900. The molecule has 0 saturated heterocycles. The summed E-state index contributed by atoms with van der Waals surface area (Å²) >= 11 is 0. The van der Waals surface area contributed by atoms with Gasteiger partial charge < -0.3 is 9.47 Å². The molecule has 1 unspecified atom stereocenters.